The Balaban J connectivity index is 1.94. The summed E-state index contributed by atoms with van der Waals surface area (Å²) < 4.78 is 19.8. The van der Waals surface area contributed by atoms with Gasteiger partial charge in [-0.15, -0.1) is 0 Å². The van der Waals surface area contributed by atoms with Crippen molar-refractivity contribution in [2.75, 3.05) is 13.2 Å². The molecule has 1 atom stereocenters. The molecule has 0 radical (unpaired) electrons. The van der Waals surface area contributed by atoms with Gasteiger partial charge in [0.2, 0.25) is 0 Å². The molecule has 2 nitrogen and oxygen atoms in total. The van der Waals surface area contributed by atoms with E-state index in [-0.39, 0.29) is 11.9 Å². The third kappa shape index (κ3) is 4.29. The monoisotopic (exact) mass is 265 g/mol. The fourth-order valence-electron chi connectivity index (χ4n) is 2.73. The summed E-state index contributed by atoms with van der Waals surface area (Å²) in [5.41, 5.74) is 0.708. The molecule has 0 aliphatic heterocycles. The number of halogens is 1. The van der Waals surface area contributed by atoms with Crippen molar-refractivity contribution in [3.05, 3.63) is 35.6 Å². The molecule has 0 spiro atoms. The molecule has 1 fully saturated rings. The summed E-state index contributed by atoms with van der Waals surface area (Å²) in [7, 11) is 0. The summed E-state index contributed by atoms with van der Waals surface area (Å²) in [6, 6.07) is 6.91. The third-order valence-corrected chi connectivity index (χ3v) is 3.78. The lowest BCUT2D eigenvalue weighted by Gasteiger charge is -2.26. The highest BCUT2D eigenvalue weighted by atomic mass is 19.1. The van der Waals surface area contributed by atoms with Gasteiger partial charge in [0.15, 0.2) is 0 Å². The molecule has 1 N–H and O–H groups in total. The predicted octanol–water partition coefficient (Wildman–Crippen LogP) is 3.83. The highest BCUT2D eigenvalue weighted by Crippen LogP contribution is 2.23. The van der Waals surface area contributed by atoms with Crippen LogP contribution in [-0.4, -0.2) is 19.3 Å². The molecule has 3 heteroatoms. The van der Waals surface area contributed by atoms with Gasteiger partial charge in [-0.2, -0.15) is 0 Å². The Morgan fingerprint density at radius 1 is 1.26 bits per heavy atom. The van der Waals surface area contributed by atoms with E-state index in [2.05, 4.69) is 5.32 Å². The Bertz CT molecular complexity index is 377. The number of nitrogens with one attached hydrogen (secondary N) is 1. The van der Waals surface area contributed by atoms with E-state index in [1.807, 2.05) is 19.1 Å². The maximum atomic E-state index is 13.8. The number of rotatable bonds is 6. The largest absolute Gasteiger partial charge is 0.376 e. The average Bonchev–Trinajstić information content (AvgIpc) is 2.45. The molecule has 1 aromatic rings. The summed E-state index contributed by atoms with van der Waals surface area (Å²) in [6.45, 7) is 3.40. The average molecular weight is 265 g/mol. The van der Waals surface area contributed by atoms with Crippen molar-refractivity contribution in [3.63, 3.8) is 0 Å². The van der Waals surface area contributed by atoms with E-state index >= 15 is 0 Å². The molecule has 1 aliphatic rings. The van der Waals surface area contributed by atoms with Crippen LogP contribution in [0.25, 0.3) is 0 Å². The van der Waals surface area contributed by atoms with Gasteiger partial charge in [0.1, 0.15) is 5.82 Å². The van der Waals surface area contributed by atoms with E-state index in [4.69, 9.17) is 4.74 Å². The van der Waals surface area contributed by atoms with Gasteiger partial charge in [0.05, 0.1) is 18.8 Å². The minimum absolute atomic E-state index is 0.0480. The van der Waals surface area contributed by atoms with Crippen molar-refractivity contribution in [2.24, 2.45) is 0 Å². The van der Waals surface area contributed by atoms with Crippen molar-refractivity contribution in [1.82, 2.24) is 5.32 Å². The molecule has 2 rings (SSSR count). The summed E-state index contributed by atoms with van der Waals surface area (Å²) >= 11 is 0. The molecule has 0 heterocycles. The van der Waals surface area contributed by atoms with Crippen LogP contribution in [0.5, 0.6) is 0 Å². The minimum Gasteiger partial charge on any atom is -0.376 e. The van der Waals surface area contributed by atoms with E-state index in [1.165, 1.54) is 25.3 Å². The normalized spacial score (nSPS) is 18.4. The van der Waals surface area contributed by atoms with Crippen LogP contribution in [0.3, 0.4) is 0 Å². The number of benzene rings is 1. The maximum Gasteiger partial charge on any atom is 0.128 e. The number of likely N-dealkylation sites (N-methyl/N-ethyl adjacent to an activating group) is 1. The number of hydrogen-bond acceptors (Lipinski definition) is 2. The topological polar surface area (TPSA) is 21.3 Å². The zero-order chi connectivity index (χ0) is 13.5. The summed E-state index contributed by atoms with van der Waals surface area (Å²) in [4.78, 5) is 0. The fourth-order valence-corrected chi connectivity index (χ4v) is 2.73. The SMILES string of the molecule is CCNC(COC1CCCCC1)c1ccccc1F. The molecule has 0 saturated heterocycles. The molecule has 0 amide bonds. The van der Waals surface area contributed by atoms with Crippen LogP contribution in [0, 0.1) is 5.82 Å². The van der Waals surface area contributed by atoms with E-state index in [1.54, 1.807) is 6.07 Å². The van der Waals surface area contributed by atoms with Gasteiger partial charge in [-0.3, -0.25) is 0 Å². The van der Waals surface area contributed by atoms with E-state index < -0.39 is 0 Å². The molecule has 19 heavy (non-hydrogen) atoms. The van der Waals surface area contributed by atoms with E-state index in [0.717, 1.165) is 19.4 Å². The third-order valence-electron chi connectivity index (χ3n) is 3.78. The molecular weight excluding hydrogens is 241 g/mol. The first kappa shape index (κ1) is 14.5. The van der Waals surface area contributed by atoms with E-state index in [0.29, 0.717) is 18.3 Å². The summed E-state index contributed by atoms with van der Waals surface area (Å²) in [6.07, 6.45) is 6.50. The molecule has 0 bridgehead atoms. The second kappa shape index (κ2) is 7.61. The predicted molar refractivity (Wildman–Crippen MR) is 75.6 cm³/mol. The summed E-state index contributed by atoms with van der Waals surface area (Å²) in [5, 5.41) is 3.31. The lowest BCUT2D eigenvalue weighted by Crippen LogP contribution is -2.29. The molecular formula is C16H24FNO. The van der Waals surface area contributed by atoms with Gasteiger partial charge >= 0.3 is 0 Å². The minimum atomic E-state index is -0.152. The molecule has 1 unspecified atom stereocenters. The quantitative estimate of drug-likeness (QED) is 0.844. The van der Waals surface area contributed by atoms with Crippen LogP contribution >= 0.6 is 0 Å². The molecule has 1 aliphatic carbocycles. The van der Waals surface area contributed by atoms with Crippen LogP contribution in [0.4, 0.5) is 4.39 Å². The van der Waals surface area contributed by atoms with Crippen molar-refractivity contribution >= 4 is 0 Å². The van der Waals surface area contributed by atoms with Crippen LogP contribution < -0.4 is 5.32 Å². The van der Waals surface area contributed by atoms with E-state index in [9.17, 15) is 4.39 Å². The van der Waals surface area contributed by atoms with Crippen molar-refractivity contribution < 1.29 is 9.13 Å². The maximum absolute atomic E-state index is 13.8. The van der Waals surface area contributed by atoms with Gasteiger partial charge in [-0.05, 0) is 25.5 Å². The first-order chi connectivity index (χ1) is 9.31. The number of ether oxygens (including phenoxy) is 1. The van der Waals surface area contributed by atoms with Crippen LogP contribution in [0.15, 0.2) is 24.3 Å². The molecule has 106 valence electrons. The second-order valence-electron chi connectivity index (χ2n) is 5.23. The first-order valence-corrected chi connectivity index (χ1v) is 7.40. The Kier molecular flexibility index (Phi) is 5.80. The van der Waals surface area contributed by atoms with Crippen molar-refractivity contribution in [3.8, 4) is 0 Å². The highest BCUT2D eigenvalue weighted by Gasteiger charge is 2.19. The van der Waals surface area contributed by atoms with Gasteiger partial charge in [-0.1, -0.05) is 44.4 Å². The lowest BCUT2D eigenvalue weighted by atomic mass is 9.97. The zero-order valence-corrected chi connectivity index (χ0v) is 11.7. The van der Waals surface area contributed by atoms with Crippen molar-refractivity contribution in [2.45, 2.75) is 51.2 Å². The molecule has 1 aromatic carbocycles. The first-order valence-electron chi connectivity index (χ1n) is 7.40. The van der Waals surface area contributed by atoms with Gasteiger partial charge in [0.25, 0.3) is 0 Å². The molecule has 0 aromatic heterocycles. The molecule has 1 saturated carbocycles. The van der Waals surface area contributed by atoms with Gasteiger partial charge in [-0.25, -0.2) is 4.39 Å². The van der Waals surface area contributed by atoms with Crippen LogP contribution in [-0.2, 0) is 4.74 Å². The Morgan fingerprint density at radius 2 is 2.00 bits per heavy atom. The number of hydrogen-bond donors (Lipinski definition) is 1. The van der Waals surface area contributed by atoms with Crippen LogP contribution in [0.2, 0.25) is 0 Å². The highest BCUT2D eigenvalue weighted by molar-refractivity contribution is 5.21. The fraction of sp³-hybridized carbons (Fsp3) is 0.625. The smallest absolute Gasteiger partial charge is 0.128 e. The standard InChI is InChI=1S/C16H24FNO/c1-2-18-16(14-10-6-7-11-15(14)17)12-19-13-8-4-3-5-9-13/h6-7,10-11,13,16,18H,2-5,8-9,12H2,1H3. The van der Waals surface area contributed by atoms with Crippen molar-refractivity contribution in [1.29, 1.82) is 0 Å². The second-order valence-corrected chi connectivity index (χ2v) is 5.23. The zero-order valence-electron chi connectivity index (χ0n) is 11.7. The summed E-state index contributed by atoms with van der Waals surface area (Å²) in [5.74, 6) is -0.152. The van der Waals surface area contributed by atoms with Gasteiger partial charge in [0, 0.05) is 5.56 Å². The van der Waals surface area contributed by atoms with Gasteiger partial charge < -0.3 is 10.1 Å². The Labute approximate surface area is 115 Å². The van der Waals surface area contributed by atoms with Crippen LogP contribution in [0.1, 0.15) is 50.6 Å². The Hall–Kier alpha value is -0.930. The Morgan fingerprint density at radius 3 is 2.68 bits per heavy atom. The lowest BCUT2D eigenvalue weighted by molar-refractivity contribution is 0.0153.